The zero-order valence-electron chi connectivity index (χ0n) is 15.4. The molecule has 3 heterocycles. The number of amides is 4. The number of nitrogens with one attached hydrogen (secondary N) is 2. The lowest BCUT2D eigenvalue weighted by Gasteiger charge is -2.34. The molecule has 4 atom stereocenters. The van der Waals surface area contributed by atoms with E-state index in [1.807, 2.05) is 0 Å². The van der Waals surface area contributed by atoms with Crippen molar-refractivity contribution in [3.05, 3.63) is 29.8 Å². The highest BCUT2D eigenvalue weighted by Gasteiger charge is 2.71. The summed E-state index contributed by atoms with van der Waals surface area (Å²) in [6, 6.07) is 6.40. The average Bonchev–Trinajstić information content (AvgIpc) is 3.12. The first-order chi connectivity index (χ1) is 12.6. The summed E-state index contributed by atoms with van der Waals surface area (Å²) in [5.74, 6) is -3.49. The summed E-state index contributed by atoms with van der Waals surface area (Å²) in [7, 11) is 0. The van der Waals surface area contributed by atoms with Crippen molar-refractivity contribution in [1.82, 2.24) is 10.2 Å². The maximum Gasteiger partial charge on any atom is 0.250 e. The van der Waals surface area contributed by atoms with Gasteiger partial charge in [0.05, 0.1) is 11.8 Å². The van der Waals surface area contributed by atoms with E-state index in [0.29, 0.717) is 11.3 Å². The predicted molar refractivity (Wildman–Crippen MR) is 96.1 cm³/mol. The summed E-state index contributed by atoms with van der Waals surface area (Å²) in [4.78, 5) is 52.4. The van der Waals surface area contributed by atoms with Crippen LogP contribution in [-0.4, -0.2) is 40.1 Å². The van der Waals surface area contributed by atoms with Crippen LogP contribution in [-0.2, 0) is 24.7 Å². The molecule has 4 amide bonds. The zero-order valence-corrected chi connectivity index (χ0v) is 15.4. The van der Waals surface area contributed by atoms with Gasteiger partial charge in [0.2, 0.25) is 23.6 Å². The SMILES string of the molecule is CC(C)(C)N1C(=O)[C@H]2[C@@H](C1=O)[C@]1(N[C@@H]2CC(N)=O)C(=O)Nc2ccccc21. The van der Waals surface area contributed by atoms with E-state index in [0.717, 1.165) is 0 Å². The van der Waals surface area contributed by atoms with Crippen molar-refractivity contribution < 1.29 is 19.2 Å². The van der Waals surface area contributed by atoms with Crippen LogP contribution in [0.15, 0.2) is 24.3 Å². The monoisotopic (exact) mass is 370 g/mol. The maximum absolute atomic E-state index is 13.4. The Morgan fingerprint density at radius 3 is 2.48 bits per heavy atom. The number of likely N-dealkylation sites (tertiary alicyclic amines) is 1. The highest BCUT2D eigenvalue weighted by Crippen LogP contribution is 2.54. The Kier molecular flexibility index (Phi) is 3.52. The van der Waals surface area contributed by atoms with Crippen LogP contribution in [0, 0.1) is 11.8 Å². The van der Waals surface area contributed by atoms with Gasteiger partial charge in [0.15, 0.2) is 0 Å². The molecule has 8 heteroatoms. The third-order valence-electron chi connectivity index (χ3n) is 5.71. The summed E-state index contributed by atoms with van der Waals surface area (Å²) in [5.41, 5.74) is 4.49. The van der Waals surface area contributed by atoms with Gasteiger partial charge in [-0.15, -0.1) is 0 Å². The number of fused-ring (bicyclic) bond motifs is 4. The first kappa shape index (κ1) is 17.7. The zero-order chi connectivity index (χ0) is 19.7. The van der Waals surface area contributed by atoms with Crippen LogP contribution in [0.3, 0.4) is 0 Å². The second-order valence-corrected chi connectivity index (χ2v) is 8.42. The Labute approximate surface area is 156 Å². The molecule has 2 saturated heterocycles. The minimum Gasteiger partial charge on any atom is -0.370 e. The van der Waals surface area contributed by atoms with Crippen molar-refractivity contribution in [3.8, 4) is 0 Å². The number of para-hydroxylation sites is 1. The van der Waals surface area contributed by atoms with Crippen LogP contribution in [0.2, 0.25) is 0 Å². The van der Waals surface area contributed by atoms with E-state index in [1.165, 1.54) is 4.90 Å². The fourth-order valence-corrected chi connectivity index (χ4v) is 4.81. The molecule has 3 aliphatic rings. The van der Waals surface area contributed by atoms with Crippen molar-refractivity contribution in [2.45, 2.75) is 44.3 Å². The Balaban J connectivity index is 1.91. The lowest BCUT2D eigenvalue weighted by Crippen LogP contribution is -2.56. The number of imide groups is 1. The number of anilines is 1. The second kappa shape index (κ2) is 5.39. The second-order valence-electron chi connectivity index (χ2n) is 8.42. The number of carbonyl (C=O) groups excluding carboxylic acids is 4. The average molecular weight is 370 g/mol. The number of benzene rings is 1. The highest BCUT2D eigenvalue weighted by molar-refractivity contribution is 6.15. The fraction of sp³-hybridized carbons (Fsp3) is 0.474. The summed E-state index contributed by atoms with van der Waals surface area (Å²) in [5, 5.41) is 5.96. The number of carbonyl (C=O) groups is 4. The van der Waals surface area contributed by atoms with E-state index in [4.69, 9.17) is 5.73 Å². The number of primary amides is 1. The Hall–Kier alpha value is -2.74. The third-order valence-corrected chi connectivity index (χ3v) is 5.71. The van der Waals surface area contributed by atoms with Crippen molar-refractivity contribution in [1.29, 1.82) is 0 Å². The number of hydrogen-bond acceptors (Lipinski definition) is 5. The van der Waals surface area contributed by atoms with E-state index in [2.05, 4.69) is 10.6 Å². The maximum atomic E-state index is 13.4. The van der Waals surface area contributed by atoms with Crippen molar-refractivity contribution in [2.75, 3.05) is 5.32 Å². The highest BCUT2D eigenvalue weighted by atomic mass is 16.2. The summed E-state index contributed by atoms with van der Waals surface area (Å²) in [6.07, 6.45) is -0.130. The molecule has 3 aliphatic heterocycles. The smallest absolute Gasteiger partial charge is 0.250 e. The van der Waals surface area contributed by atoms with Gasteiger partial charge >= 0.3 is 0 Å². The van der Waals surface area contributed by atoms with Gasteiger partial charge in [0.25, 0.3) is 0 Å². The minimum atomic E-state index is -1.38. The minimum absolute atomic E-state index is 0.130. The van der Waals surface area contributed by atoms with Crippen LogP contribution in [0.1, 0.15) is 32.8 Å². The molecular weight excluding hydrogens is 348 g/mol. The third kappa shape index (κ3) is 2.19. The fourth-order valence-electron chi connectivity index (χ4n) is 4.81. The van der Waals surface area contributed by atoms with Gasteiger partial charge < -0.3 is 11.1 Å². The van der Waals surface area contributed by atoms with Crippen LogP contribution in [0.25, 0.3) is 0 Å². The summed E-state index contributed by atoms with van der Waals surface area (Å²) in [6.45, 7) is 5.32. The van der Waals surface area contributed by atoms with Crippen LogP contribution >= 0.6 is 0 Å². The molecule has 0 unspecified atom stereocenters. The summed E-state index contributed by atoms with van der Waals surface area (Å²) < 4.78 is 0. The van der Waals surface area contributed by atoms with Crippen LogP contribution in [0.5, 0.6) is 0 Å². The molecule has 142 valence electrons. The molecule has 0 saturated carbocycles. The Morgan fingerprint density at radius 1 is 1.19 bits per heavy atom. The van der Waals surface area contributed by atoms with Gasteiger partial charge in [-0.2, -0.15) is 0 Å². The van der Waals surface area contributed by atoms with Gasteiger partial charge in [-0.05, 0) is 26.8 Å². The predicted octanol–water partition coefficient (Wildman–Crippen LogP) is 0.0809. The van der Waals surface area contributed by atoms with Crippen molar-refractivity contribution >= 4 is 29.3 Å². The molecule has 8 nitrogen and oxygen atoms in total. The molecule has 0 bridgehead atoms. The normalized spacial score (nSPS) is 32.0. The first-order valence-corrected chi connectivity index (χ1v) is 8.94. The number of hydrogen-bond donors (Lipinski definition) is 3. The molecule has 4 N–H and O–H groups in total. The lowest BCUT2D eigenvalue weighted by atomic mass is 9.76. The number of nitrogens with two attached hydrogens (primary N) is 1. The van der Waals surface area contributed by atoms with Gasteiger partial charge in [-0.1, -0.05) is 18.2 Å². The number of nitrogens with zero attached hydrogens (tertiary/aromatic N) is 1. The molecule has 0 aromatic heterocycles. The Bertz CT molecular complexity index is 890. The van der Waals surface area contributed by atoms with Gasteiger partial charge in [0, 0.05) is 29.3 Å². The molecule has 4 rings (SSSR count). The molecule has 0 radical (unpaired) electrons. The molecule has 27 heavy (non-hydrogen) atoms. The van der Waals surface area contributed by atoms with E-state index >= 15 is 0 Å². The Morgan fingerprint density at radius 2 is 1.85 bits per heavy atom. The molecule has 1 aromatic carbocycles. The van der Waals surface area contributed by atoms with E-state index in [-0.39, 0.29) is 18.2 Å². The van der Waals surface area contributed by atoms with Crippen LogP contribution < -0.4 is 16.4 Å². The van der Waals surface area contributed by atoms with Crippen molar-refractivity contribution in [2.24, 2.45) is 17.6 Å². The van der Waals surface area contributed by atoms with E-state index < -0.39 is 40.8 Å². The lowest BCUT2D eigenvalue weighted by molar-refractivity contribution is -0.147. The van der Waals surface area contributed by atoms with Gasteiger partial charge in [-0.3, -0.25) is 29.4 Å². The molecule has 1 spiro atoms. The van der Waals surface area contributed by atoms with Gasteiger partial charge in [0.1, 0.15) is 5.54 Å². The molecule has 1 aromatic rings. The quantitative estimate of drug-likeness (QED) is 0.637. The van der Waals surface area contributed by atoms with Crippen LogP contribution in [0.4, 0.5) is 5.69 Å². The van der Waals surface area contributed by atoms with Crippen molar-refractivity contribution in [3.63, 3.8) is 0 Å². The van der Waals surface area contributed by atoms with E-state index in [9.17, 15) is 19.2 Å². The van der Waals surface area contributed by atoms with E-state index in [1.54, 1.807) is 45.0 Å². The molecule has 0 aliphatic carbocycles. The standard InChI is InChI=1S/C19H22N4O4/c1-18(2,3)23-15(25)13-11(8-12(20)24)22-19(14(13)16(23)26)9-6-4-5-7-10(9)21-17(19)27/h4-7,11,13-14,22H,8H2,1-3H3,(H2,20,24)(H,21,27)/t11-,13-,14+,19+/m1/s1. The largest absolute Gasteiger partial charge is 0.370 e. The van der Waals surface area contributed by atoms with Gasteiger partial charge in [-0.25, -0.2) is 0 Å². The first-order valence-electron chi connectivity index (χ1n) is 8.94. The molecule has 2 fully saturated rings. The molecular formula is C19H22N4O4. The topological polar surface area (TPSA) is 122 Å². The number of rotatable bonds is 2. The summed E-state index contributed by atoms with van der Waals surface area (Å²) >= 11 is 0.